The SMILES string of the molecule is CN1C(=O)C2C([P+](=O)[O-])=C(Cl)C(Cl)=C(Cl)C2(Cl)C1=O. The summed E-state index contributed by atoms with van der Waals surface area (Å²) in [6, 6.07) is 0. The first-order valence-electron chi connectivity index (χ1n) is 4.76. The minimum Gasteiger partial charge on any atom is -0.591 e. The Bertz CT molecular complexity index is 601. The Morgan fingerprint density at radius 1 is 1.26 bits per heavy atom. The lowest BCUT2D eigenvalue weighted by Gasteiger charge is -2.27. The van der Waals surface area contributed by atoms with Crippen LogP contribution in [0.4, 0.5) is 0 Å². The normalized spacial score (nSPS) is 32.2. The highest BCUT2D eigenvalue weighted by Gasteiger charge is 2.66. The molecule has 1 fully saturated rings. The fourth-order valence-corrected chi connectivity index (χ4v) is 4.43. The minimum absolute atomic E-state index is 0.347. The summed E-state index contributed by atoms with van der Waals surface area (Å²) in [6.07, 6.45) is 0. The molecule has 10 heteroatoms. The van der Waals surface area contributed by atoms with Gasteiger partial charge < -0.3 is 4.89 Å². The maximum absolute atomic E-state index is 12.0. The number of carbonyl (C=O) groups excluding carboxylic acids is 2. The van der Waals surface area contributed by atoms with Gasteiger partial charge in [-0.1, -0.05) is 39.4 Å². The van der Waals surface area contributed by atoms with Crippen molar-refractivity contribution in [3.8, 4) is 0 Å². The van der Waals surface area contributed by atoms with E-state index in [1.807, 2.05) is 0 Å². The number of nitrogens with zero attached hydrogens (tertiary/aromatic N) is 1. The maximum atomic E-state index is 12.0. The molecular formula is C9H4Cl4NO4P. The molecule has 0 saturated carbocycles. The Kier molecular flexibility index (Phi) is 3.76. The Morgan fingerprint density at radius 3 is 2.26 bits per heavy atom. The molecule has 2 amide bonds. The van der Waals surface area contributed by atoms with E-state index >= 15 is 0 Å². The fraction of sp³-hybridized carbons (Fsp3) is 0.333. The first-order valence-corrected chi connectivity index (χ1v) is 7.45. The summed E-state index contributed by atoms with van der Waals surface area (Å²) in [5.74, 6) is -3.13. The summed E-state index contributed by atoms with van der Waals surface area (Å²) in [6.45, 7) is 0. The van der Waals surface area contributed by atoms with Crippen LogP contribution in [0.25, 0.3) is 0 Å². The van der Waals surface area contributed by atoms with Crippen molar-refractivity contribution in [3.05, 3.63) is 20.4 Å². The summed E-state index contributed by atoms with van der Waals surface area (Å²) in [5, 5.41) is -1.58. The second-order valence-electron chi connectivity index (χ2n) is 3.93. The van der Waals surface area contributed by atoms with E-state index in [0.29, 0.717) is 4.90 Å². The maximum Gasteiger partial charge on any atom is 0.346 e. The van der Waals surface area contributed by atoms with E-state index in [-0.39, 0.29) is 15.1 Å². The second kappa shape index (κ2) is 4.69. The number of carbonyl (C=O) groups is 2. The molecule has 3 atom stereocenters. The molecule has 1 heterocycles. The van der Waals surface area contributed by atoms with Gasteiger partial charge in [-0.25, -0.2) is 0 Å². The molecule has 0 N–H and O–H groups in total. The van der Waals surface area contributed by atoms with Crippen LogP contribution in [0, 0.1) is 5.92 Å². The van der Waals surface area contributed by atoms with Gasteiger partial charge in [-0.2, -0.15) is 0 Å². The first kappa shape index (κ1) is 15.2. The van der Waals surface area contributed by atoms with Crippen LogP contribution < -0.4 is 4.89 Å². The lowest BCUT2D eigenvalue weighted by atomic mass is 9.89. The van der Waals surface area contributed by atoms with Gasteiger partial charge in [0, 0.05) is 7.05 Å². The minimum atomic E-state index is -3.25. The molecule has 3 unspecified atom stereocenters. The molecule has 5 nitrogen and oxygen atoms in total. The number of fused-ring (bicyclic) bond motifs is 1. The predicted octanol–water partition coefficient (Wildman–Crippen LogP) is 1.83. The highest BCUT2D eigenvalue weighted by atomic mass is 35.5. The zero-order chi connectivity index (χ0) is 14.7. The average Bonchev–Trinajstić information content (AvgIpc) is 2.51. The molecule has 2 aliphatic rings. The molecule has 1 aliphatic carbocycles. The highest BCUT2D eigenvalue weighted by Crippen LogP contribution is 2.58. The van der Waals surface area contributed by atoms with Crippen LogP contribution in [0.2, 0.25) is 0 Å². The smallest absolute Gasteiger partial charge is 0.346 e. The van der Waals surface area contributed by atoms with E-state index in [4.69, 9.17) is 46.4 Å². The number of hydrogen-bond donors (Lipinski definition) is 0. The van der Waals surface area contributed by atoms with Gasteiger partial charge in [0.2, 0.25) is 5.91 Å². The lowest BCUT2D eigenvalue weighted by molar-refractivity contribution is -0.163. The zero-order valence-corrected chi connectivity index (χ0v) is 13.0. The summed E-state index contributed by atoms with van der Waals surface area (Å²) >= 11 is 23.6. The Morgan fingerprint density at radius 2 is 1.79 bits per heavy atom. The van der Waals surface area contributed by atoms with E-state index in [0.717, 1.165) is 0 Å². The van der Waals surface area contributed by atoms with Crippen molar-refractivity contribution in [1.29, 1.82) is 0 Å². The van der Waals surface area contributed by atoms with E-state index in [9.17, 15) is 19.0 Å². The number of amides is 2. The number of halogens is 4. The van der Waals surface area contributed by atoms with E-state index in [2.05, 4.69) is 0 Å². The van der Waals surface area contributed by atoms with Crippen molar-refractivity contribution in [2.45, 2.75) is 4.87 Å². The fourth-order valence-electron chi connectivity index (χ4n) is 2.04. The molecule has 1 aliphatic heterocycles. The lowest BCUT2D eigenvalue weighted by Crippen LogP contribution is -2.40. The number of rotatable bonds is 1. The van der Waals surface area contributed by atoms with Crippen molar-refractivity contribution in [2.75, 3.05) is 7.05 Å². The second-order valence-corrected chi connectivity index (χ2v) is 6.66. The zero-order valence-electron chi connectivity index (χ0n) is 9.12. The summed E-state index contributed by atoms with van der Waals surface area (Å²) in [7, 11) is -2.07. The van der Waals surface area contributed by atoms with Crippen LogP contribution in [0.15, 0.2) is 20.4 Å². The first-order chi connectivity index (χ1) is 8.65. The third kappa shape index (κ3) is 1.80. The Hall–Kier alpha value is -0.160. The third-order valence-electron chi connectivity index (χ3n) is 2.99. The molecule has 0 spiro atoms. The average molecular weight is 363 g/mol. The quantitative estimate of drug-likeness (QED) is 0.405. The van der Waals surface area contributed by atoms with Crippen LogP contribution in [-0.2, 0) is 14.2 Å². The van der Waals surface area contributed by atoms with Gasteiger partial charge in [-0.05, 0) is 0 Å². The van der Waals surface area contributed by atoms with Crippen molar-refractivity contribution in [1.82, 2.24) is 4.90 Å². The van der Waals surface area contributed by atoms with Crippen molar-refractivity contribution >= 4 is 66.2 Å². The van der Waals surface area contributed by atoms with E-state index in [1.165, 1.54) is 7.05 Å². The topological polar surface area (TPSA) is 77.5 Å². The van der Waals surface area contributed by atoms with Gasteiger partial charge in [-0.15, -0.1) is 11.6 Å². The van der Waals surface area contributed by atoms with Crippen molar-refractivity contribution < 1.29 is 19.0 Å². The molecule has 0 radical (unpaired) electrons. The molecule has 1 saturated heterocycles. The molecule has 0 aromatic heterocycles. The van der Waals surface area contributed by atoms with E-state index in [1.54, 1.807) is 0 Å². The monoisotopic (exact) mass is 361 g/mol. The number of allylic oxidation sites excluding steroid dienone is 2. The molecular weight excluding hydrogens is 359 g/mol. The molecule has 2 rings (SSSR count). The number of alkyl halides is 1. The summed E-state index contributed by atoms with van der Waals surface area (Å²) in [5.41, 5.74) is 0. The van der Waals surface area contributed by atoms with Crippen molar-refractivity contribution in [2.24, 2.45) is 5.92 Å². The van der Waals surface area contributed by atoms with Gasteiger partial charge in [0.15, 0.2) is 10.2 Å². The molecule has 0 aromatic rings. The number of likely N-dealkylation sites (tertiary alicyclic amines) is 1. The molecule has 0 bridgehead atoms. The summed E-state index contributed by atoms with van der Waals surface area (Å²) in [4.78, 5) is 34.0. The predicted molar refractivity (Wildman–Crippen MR) is 69.1 cm³/mol. The van der Waals surface area contributed by atoms with Gasteiger partial charge in [0.1, 0.15) is 11.0 Å². The third-order valence-corrected chi connectivity index (χ3v) is 6.11. The Balaban J connectivity index is 2.82. The van der Waals surface area contributed by atoms with Crippen molar-refractivity contribution in [3.63, 3.8) is 0 Å². The molecule has 19 heavy (non-hydrogen) atoms. The largest absolute Gasteiger partial charge is 0.591 e. The standard InChI is InChI=1S/C9H4Cl4NO4P/c1-14-7(15)2-5(19(17)18)3(10)4(11)6(12)9(2,13)8(14)16/h2H,1H3. The van der Waals surface area contributed by atoms with Crippen LogP contribution in [0.3, 0.4) is 0 Å². The summed E-state index contributed by atoms with van der Waals surface area (Å²) < 4.78 is 11.3. The van der Waals surface area contributed by atoms with Crippen LogP contribution in [-0.4, -0.2) is 28.6 Å². The van der Waals surface area contributed by atoms with Gasteiger partial charge in [0.05, 0.1) is 10.1 Å². The van der Waals surface area contributed by atoms with E-state index < -0.39 is 35.9 Å². The highest BCUT2D eigenvalue weighted by molar-refractivity contribution is 7.42. The van der Waals surface area contributed by atoms with Gasteiger partial charge >= 0.3 is 8.03 Å². The van der Waals surface area contributed by atoms with Crippen LogP contribution in [0.5, 0.6) is 0 Å². The number of hydrogen-bond acceptors (Lipinski definition) is 4. The molecule has 102 valence electrons. The van der Waals surface area contributed by atoms with Gasteiger partial charge in [-0.3, -0.25) is 14.5 Å². The molecule has 0 aromatic carbocycles. The number of imide groups is 1. The van der Waals surface area contributed by atoms with Gasteiger partial charge in [0.25, 0.3) is 5.91 Å². The van der Waals surface area contributed by atoms with Crippen LogP contribution in [0.1, 0.15) is 0 Å². The Labute approximate surface area is 128 Å². The van der Waals surface area contributed by atoms with Crippen LogP contribution >= 0.6 is 54.4 Å².